The van der Waals surface area contributed by atoms with Crippen molar-refractivity contribution in [1.82, 2.24) is 4.48 Å². The van der Waals surface area contributed by atoms with Crippen LogP contribution in [0, 0.1) is 12.7 Å². The molecule has 0 aliphatic carbocycles. The Morgan fingerprint density at radius 1 is 1.18 bits per heavy atom. The van der Waals surface area contributed by atoms with E-state index in [1.165, 1.54) is 18.5 Å². The van der Waals surface area contributed by atoms with E-state index in [1.54, 1.807) is 43.3 Å². The van der Waals surface area contributed by atoms with E-state index in [9.17, 15) is 13.0 Å². The summed E-state index contributed by atoms with van der Waals surface area (Å²) < 4.78 is 45.0. The van der Waals surface area contributed by atoms with Gasteiger partial charge >= 0.3 is 6.97 Å². The molecule has 0 unspecified atom stereocenters. The summed E-state index contributed by atoms with van der Waals surface area (Å²) in [4.78, 5) is 0. The average molecular weight is 300 g/mol. The maximum Gasteiger partial charge on any atom is 0.737 e. The Hall–Kier alpha value is -2.50. The summed E-state index contributed by atoms with van der Waals surface area (Å²) in [6.45, 7) is -2.24. The summed E-state index contributed by atoms with van der Waals surface area (Å²) >= 11 is 0. The molecular formula is C16H12BF3N2. The van der Waals surface area contributed by atoms with Crippen LogP contribution in [0.3, 0.4) is 0 Å². The van der Waals surface area contributed by atoms with Crippen LogP contribution < -0.4 is 0 Å². The first-order valence-corrected chi connectivity index (χ1v) is 7.00. The van der Waals surface area contributed by atoms with Gasteiger partial charge in [-0.3, -0.25) is 0 Å². The highest BCUT2D eigenvalue weighted by Crippen LogP contribution is 2.38. The monoisotopic (exact) mass is 300 g/mol. The molecule has 0 spiro atoms. The topological polar surface area (TPSA) is 7.94 Å². The standard InChI is InChI=1S/C16H12BF3N2/c1-11-6-7-12(10-13(11)18)16-14-4-2-8-21(14)17(19,20)22-9-3-5-15(16)22/h2-10H,1H3. The molecule has 0 saturated heterocycles. The van der Waals surface area contributed by atoms with Gasteiger partial charge in [-0.05, 0) is 42.4 Å². The van der Waals surface area contributed by atoms with Gasteiger partial charge in [0.05, 0.1) is 5.57 Å². The number of benzene rings is 1. The van der Waals surface area contributed by atoms with Gasteiger partial charge in [-0.25, -0.2) is 4.39 Å². The minimum Gasteiger partial charge on any atom is -0.396 e. The van der Waals surface area contributed by atoms with Crippen molar-refractivity contribution in [1.29, 1.82) is 0 Å². The van der Waals surface area contributed by atoms with Crippen molar-refractivity contribution in [3.05, 3.63) is 77.0 Å². The minimum atomic E-state index is -3.91. The molecule has 2 aliphatic rings. The lowest BCUT2D eigenvalue weighted by atomic mass is 9.86. The molecule has 4 rings (SSSR count). The van der Waals surface area contributed by atoms with E-state index < -0.39 is 6.97 Å². The number of hydrogen-bond donors (Lipinski definition) is 0. The van der Waals surface area contributed by atoms with Crippen LogP contribution >= 0.6 is 0 Å². The zero-order chi connectivity index (χ0) is 15.5. The van der Waals surface area contributed by atoms with Crippen molar-refractivity contribution >= 4 is 18.8 Å². The first kappa shape index (κ1) is 13.2. The van der Waals surface area contributed by atoms with Gasteiger partial charge in [0.25, 0.3) is 0 Å². The van der Waals surface area contributed by atoms with Crippen LogP contribution in [0.2, 0.25) is 0 Å². The lowest BCUT2D eigenvalue weighted by molar-refractivity contribution is -0.356. The smallest absolute Gasteiger partial charge is 0.396 e. The number of fused-ring (bicyclic) bond motifs is 2. The molecule has 0 N–H and O–H groups in total. The molecule has 22 heavy (non-hydrogen) atoms. The zero-order valence-electron chi connectivity index (χ0n) is 11.8. The van der Waals surface area contributed by atoms with Crippen LogP contribution in [-0.4, -0.2) is 22.1 Å². The van der Waals surface area contributed by atoms with Crippen LogP contribution in [0.1, 0.15) is 16.8 Å². The van der Waals surface area contributed by atoms with E-state index in [-0.39, 0.29) is 5.82 Å². The zero-order valence-corrected chi connectivity index (χ0v) is 11.8. The van der Waals surface area contributed by atoms with E-state index in [2.05, 4.69) is 0 Å². The van der Waals surface area contributed by atoms with Gasteiger partial charge in [-0.2, -0.15) is 0 Å². The second-order valence-electron chi connectivity index (χ2n) is 5.53. The molecule has 0 radical (unpaired) electrons. The van der Waals surface area contributed by atoms with Crippen molar-refractivity contribution in [3.63, 3.8) is 0 Å². The van der Waals surface area contributed by atoms with E-state index in [1.807, 2.05) is 0 Å². The van der Waals surface area contributed by atoms with Gasteiger partial charge in [-0.1, -0.05) is 12.1 Å². The van der Waals surface area contributed by atoms with Crippen molar-refractivity contribution in [2.75, 3.05) is 0 Å². The molecule has 2 aromatic rings. The highest BCUT2D eigenvalue weighted by atomic mass is 19.2. The maximum atomic E-state index is 14.6. The lowest BCUT2D eigenvalue weighted by Crippen LogP contribution is -2.49. The molecule has 2 nitrogen and oxygen atoms in total. The predicted octanol–water partition coefficient (Wildman–Crippen LogP) is 3.58. The number of rotatable bonds is 1. The third-order valence-electron chi connectivity index (χ3n) is 4.20. The average Bonchev–Trinajstić information content (AvgIpc) is 3.12. The Labute approximate surface area is 125 Å². The van der Waals surface area contributed by atoms with Crippen LogP contribution in [0.25, 0.3) is 5.57 Å². The van der Waals surface area contributed by atoms with Crippen molar-refractivity contribution in [3.8, 4) is 0 Å². The molecule has 2 aliphatic heterocycles. The minimum absolute atomic E-state index is 0.343. The fourth-order valence-corrected chi connectivity index (χ4v) is 3.06. The van der Waals surface area contributed by atoms with Gasteiger partial charge in [-0.15, -0.1) is 0 Å². The summed E-state index contributed by atoms with van der Waals surface area (Å²) in [5, 5.41) is 0. The first-order valence-electron chi connectivity index (χ1n) is 7.00. The van der Waals surface area contributed by atoms with E-state index in [4.69, 9.17) is 0 Å². The molecule has 6 heteroatoms. The number of nitrogens with zero attached hydrogens (tertiary/aromatic N) is 2. The molecule has 3 heterocycles. The highest BCUT2D eigenvalue weighted by molar-refractivity contribution is 6.57. The van der Waals surface area contributed by atoms with Crippen LogP contribution in [0.5, 0.6) is 0 Å². The second kappa shape index (κ2) is 4.26. The summed E-state index contributed by atoms with van der Waals surface area (Å²) in [7, 11) is 0. The van der Waals surface area contributed by atoms with Crippen LogP contribution in [0.4, 0.5) is 13.0 Å². The Morgan fingerprint density at radius 3 is 2.77 bits per heavy atom. The quantitative estimate of drug-likeness (QED) is 0.711. The fraction of sp³-hybridized carbons (Fsp3) is 0.0625. The number of halogens is 3. The van der Waals surface area contributed by atoms with Crippen LogP contribution in [0.15, 0.2) is 54.4 Å². The third-order valence-corrected chi connectivity index (χ3v) is 4.20. The van der Waals surface area contributed by atoms with Gasteiger partial charge < -0.3 is 17.6 Å². The molecule has 110 valence electrons. The SMILES string of the molecule is Cc1ccc(C2=C3C=CC=[N+]3[B-](F)(F)n3cccc32)cc1F. The van der Waals surface area contributed by atoms with Gasteiger partial charge in [0, 0.05) is 17.8 Å². The second-order valence-corrected chi connectivity index (χ2v) is 5.53. The van der Waals surface area contributed by atoms with Crippen molar-refractivity contribution in [2.24, 2.45) is 0 Å². The highest BCUT2D eigenvalue weighted by Gasteiger charge is 2.51. The summed E-state index contributed by atoms with van der Waals surface area (Å²) in [5.74, 6) is -0.343. The van der Waals surface area contributed by atoms with E-state index in [0.717, 1.165) is 8.96 Å². The molecule has 0 saturated carbocycles. The van der Waals surface area contributed by atoms with Crippen molar-refractivity contribution in [2.45, 2.75) is 6.92 Å². The Balaban J connectivity index is 2.04. The fourth-order valence-electron chi connectivity index (χ4n) is 3.06. The number of hydrogen-bond acceptors (Lipinski definition) is 0. The Kier molecular flexibility index (Phi) is 2.55. The maximum absolute atomic E-state index is 14.6. The van der Waals surface area contributed by atoms with Gasteiger partial charge in [0.15, 0.2) is 5.70 Å². The van der Waals surface area contributed by atoms with E-state index in [0.29, 0.717) is 28.1 Å². The summed E-state index contributed by atoms with van der Waals surface area (Å²) in [5.41, 5.74) is 2.54. The van der Waals surface area contributed by atoms with E-state index >= 15 is 0 Å². The number of aromatic nitrogens is 1. The molecular weight excluding hydrogens is 288 g/mol. The Bertz CT molecular complexity index is 891. The largest absolute Gasteiger partial charge is 0.737 e. The van der Waals surface area contributed by atoms with Crippen molar-refractivity contribution < 1.29 is 17.5 Å². The van der Waals surface area contributed by atoms with Gasteiger partial charge in [0.2, 0.25) is 0 Å². The summed E-state index contributed by atoms with van der Waals surface area (Å²) in [6.07, 6.45) is 5.95. The molecule has 1 aromatic heterocycles. The number of allylic oxidation sites excluding steroid dienone is 2. The first-order chi connectivity index (χ1) is 10.5. The normalized spacial score (nSPS) is 18.3. The molecule has 1 aromatic carbocycles. The van der Waals surface area contributed by atoms with Crippen LogP contribution in [-0.2, 0) is 0 Å². The predicted molar refractivity (Wildman–Crippen MR) is 80.4 cm³/mol. The molecule has 0 atom stereocenters. The van der Waals surface area contributed by atoms with Gasteiger partial charge in [0.1, 0.15) is 12.0 Å². The number of aryl methyl sites for hydroxylation is 1. The third kappa shape index (κ3) is 1.61. The lowest BCUT2D eigenvalue weighted by Gasteiger charge is -2.30. The molecule has 0 fully saturated rings. The summed E-state index contributed by atoms with van der Waals surface area (Å²) in [6, 6.07) is 8.05. The molecule has 0 bridgehead atoms. The Morgan fingerprint density at radius 2 is 2.00 bits per heavy atom. The molecule has 0 amide bonds.